The molecule has 0 aliphatic carbocycles. The van der Waals surface area contributed by atoms with Crippen molar-refractivity contribution in [1.29, 1.82) is 0 Å². The van der Waals surface area contributed by atoms with Gasteiger partial charge in [0.05, 0.1) is 6.54 Å². The highest BCUT2D eigenvalue weighted by Crippen LogP contribution is 2.01. The average molecular weight is 213 g/mol. The third kappa shape index (κ3) is 2.78. The Hall–Kier alpha value is -1.89. The maximum atomic E-state index is 11.3. The quantitative estimate of drug-likeness (QED) is 0.510. The van der Waals surface area contributed by atoms with Gasteiger partial charge in [0.15, 0.2) is 5.60 Å². The lowest BCUT2D eigenvalue weighted by Gasteiger charge is -2.17. The van der Waals surface area contributed by atoms with Crippen molar-refractivity contribution in [1.82, 2.24) is 15.5 Å². The predicted molar refractivity (Wildman–Crippen MR) is 49.2 cm³/mol. The first-order valence-corrected chi connectivity index (χ1v) is 4.17. The molecule has 7 heteroatoms. The summed E-state index contributed by atoms with van der Waals surface area (Å²) < 4.78 is 0. The Morgan fingerprint density at radius 1 is 1.67 bits per heavy atom. The number of carboxylic acids is 1. The molecule has 0 fully saturated rings. The topological polar surface area (TPSA) is 115 Å². The molecule has 1 amide bonds. The second kappa shape index (κ2) is 4.09. The van der Waals surface area contributed by atoms with E-state index in [-0.39, 0.29) is 12.2 Å². The van der Waals surface area contributed by atoms with Gasteiger partial charge in [-0.3, -0.25) is 9.89 Å². The van der Waals surface area contributed by atoms with Gasteiger partial charge in [-0.15, -0.1) is 0 Å². The van der Waals surface area contributed by atoms with Crippen LogP contribution in [0, 0.1) is 0 Å². The SMILES string of the molecule is CC(O)(CNC(=O)c1ccn[nH]1)C(=O)O. The zero-order chi connectivity index (χ0) is 11.5. The molecule has 0 bridgehead atoms. The first-order valence-electron chi connectivity index (χ1n) is 4.17. The van der Waals surface area contributed by atoms with Crippen molar-refractivity contribution >= 4 is 11.9 Å². The van der Waals surface area contributed by atoms with Crippen LogP contribution in [0.25, 0.3) is 0 Å². The van der Waals surface area contributed by atoms with Crippen LogP contribution in [0.15, 0.2) is 12.3 Å². The highest BCUT2D eigenvalue weighted by Gasteiger charge is 2.30. The predicted octanol–water partition coefficient (Wildman–Crippen LogP) is -1.02. The van der Waals surface area contributed by atoms with E-state index >= 15 is 0 Å². The molecular weight excluding hydrogens is 202 g/mol. The van der Waals surface area contributed by atoms with Gasteiger partial charge in [0, 0.05) is 6.20 Å². The minimum atomic E-state index is -1.98. The van der Waals surface area contributed by atoms with Crippen molar-refractivity contribution in [2.75, 3.05) is 6.54 Å². The van der Waals surface area contributed by atoms with E-state index in [0.29, 0.717) is 0 Å². The van der Waals surface area contributed by atoms with Crippen LogP contribution in [-0.4, -0.2) is 44.4 Å². The number of nitrogens with one attached hydrogen (secondary N) is 2. The molecule has 0 aliphatic heterocycles. The van der Waals surface area contributed by atoms with Crippen LogP contribution in [0.5, 0.6) is 0 Å². The largest absolute Gasteiger partial charge is 0.479 e. The minimum absolute atomic E-state index is 0.205. The highest BCUT2D eigenvalue weighted by atomic mass is 16.4. The third-order valence-corrected chi connectivity index (χ3v) is 1.80. The second-order valence-corrected chi connectivity index (χ2v) is 3.23. The first kappa shape index (κ1) is 11.2. The van der Waals surface area contributed by atoms with Gasteiger partial charge in [-0.25, -0.2) is 4.79 Å². The number of rotatable bonds is 4. The number of carboxylic acid groups (broad SMARTS) is 1. The fraction of sp³-hybridized carbons (Fsp3) is 0.375. The molecule has 1 atom stereocenters. The van der Waals surface area contributed by atoms with E-state index in [9.17, 15) is 14.7 Å². The molecule has 0 aliphatic rings. The van der Waals surface area contributed by atoms with E-state index in [0.717, 1.165) is 6.92 Å². The molecule has 82 valence electrons. The van der Waals surface area contributed by atoms with Crippen molar-refractivity contribution < 1.29 is 19.8 Å². The van der Waals surface area contributed by atoms with Gasteiger partial charge in [-0.1, -0.05) is 0 Å². The number of H-pyrrole nitrogens is 1. The Kier molecular flexibility index (Phi) is 3.05. The molecule has 1 unspecified atom stereocenters. The molecule has 1 aromatic rings. The van der Waals surface area contributed by atoms with Gasteiger partial charge in [0.25, 0.3) is 5.91 Å². The zero-order valence-electron chi connectivity index (χ0n) is 8.02. The number of aromatic nitrogens is 2. The number of carbonyl (C=O) groups excluding carboxylic acids is 1. The van der Waals surface area contributed by atoms with Crippen LogP contribution in [0.4, 0.5) is 0 Å². The fourth-order valence-electron chi connectivity index (χ4n) is 0.806. The molecule has 0 saturated heterocycles. The number of hydrogen-bond donors (Lipinski definition) is 4. The number of carbonyl (C=O) groups is 2. The molecule has 4 N–H and O–H groups in total. The van der Waals surface area contributed by atoms with Crippen LogP contribution in [0.2, 0.25) is 0 Å². The Bertz CT molecular complexity index is 358. The lowest BCUT2D eigenvalue weighted by Crippen LogP contribution is -2.46. The summed E-state index contributed by atoms with van der Waals surface area (Å²) in [4.78, 5) is 21.8. The lowest BCUT2D eigenvalue weighted by atomic mass is 10.1. The summed E-state index contributed by atoms with van der Waals surface area (Å²) in [5, 5.41) is 26.1. The van der Waals surface area contributed by atoms with Crippen molar-refractivity contribution in [2.24, 2.45) is 0 Å². The van der Waals surface area contributed by atoms with Crippen molar-refractivity contribution in [3.63, 3.8) is 0 Å². The van der Waals surface area contributed by atoms with Gasteiger partial charge in [-0.2, -0.15) is 5.10 Å². The summed E-state index contributed by atoms with van der Waals surface area (Å²) in [6.07, 6.45) is 1.39. The molecule has 0 radical (unpaired) electrons. The summed E-state index contributed by atoms with van der Waals surface area (Å²) in [5.74, 6) is -1.92. The molecule has 7 nitrogen and oxygen atoms in total. The number of nitrogens with zero attached hydrogens (tertiary/aromatic N) is 1. The summed E-state index contributed by atoms with van der Waals surface area (Å²) in [6, 6.07) is 1.44. The fourth-order valence-corrected chi connectivity index (χ4v) is 0.806. The van der Waals surface area contributed by atoms with Crippen molar-refractivity contribution in [3.05, 3.63) is 18.0 Å². The average Bonchev–Trinajstić information content (AvgIpc) is 2.66. The first-order chi connectivity index (χ1) is 6.93. The van der Waals surface area contributed by atoms with Crippen LogP contribution in [0.3, 0.4) is 0 Å². The third-order valence-electron chi connectivity index (χ3n) is 1.80. The van der Waals surface area contributed by atoms with E-state index in [1.54, 1.807) is 0 Å². The number of aromatic amines is 1. The Labute approximate surface area is 85.1 Å². The van der Waals surface area contributed by atoms with Gasteiger partial charge in [-0.05, 0) is 13.0 Å². The van der Waals surface area contributed by atoms with Crippen molar-refractivity contribution in [2.45, 2.75) is 12.5 Å². The van der Waals surface area contributed by atoms with Crippen LogP contribution < -0.4 is 5.32 Å². The normalized spacial score (nSPS) is 14.3. The van der Waals surface area contributed by atoms with E-state index in [1.807, 2.05) is 0 Å². The highest BCUT2D eigenvalue weighted by molar-refractivity contribution is 5.92. The number of hydrogen-bond acceptors (Lipinski definition) is 4. The van der Waals surface area contributed by atoms with Crippen LogP contribution in [0.1, 0.15) is 17.4 Å². The molecule has 0 saturated carbocycles. The monoisotopic (exact) mass is 213 g/mol. The number of aliphatic hydroxyl groups is 1. The van der Waals surface area contributed by atoms with E-state index in [2.05, 4.69) is 15.5 Å². The Morgan fingerprint density at radius 3 is 2.80 bits per heavy atom. The maximum Gasteiger partial charge on any atom is 0.337 e. The lowest BCUT2D eigenvalue weighted by molar-refractivity contribution is -0.155. The Balaban J connectivity index is 2.51. The molecule has 1 aromatic heterocycles. The van der Waals surface area contributed by atoms with Gasteiger partial charge < -0.3 is 15.5 Å². The van der Waals surface area contributed by atoms with Gasteiger partial charge in [0.2, 0.25) is 0 Å². The van der Waals surface area contributed by atoms with Gasteiger partial charge >= 0.3 is 5.97 Å². The molecule has 1 heterocycles. The van der Waals surface area contributed by atoms with E-state index < -0.39 is 17.5 Å². The summed E-state index contributed by atoms with van der Waals surface area (Å²) >= 11 is 0. The van der Waals surface area contributed by atoms with Crippen molar-refractivity contribution in [3.8, 4) is 0 Å². The zero-order valence-corrected chi connectivity index (χ0v) is 8.02. The van der Waals surface area contributed by atoms with Crippen LogP contribution in [-0.2, 0) is 4.79 Å². The smallest absolute Gasteiger partial charge is 0.337 e. The van der Waals surface area contributed by atoms with Crippen LogP contribution >= 0.6 is 0 Å². The molecule has 15 heavy (non-hydrogen) atoms. The summed E-state index contributed by atoms with van der Waals surface area (Å²) in [7, 11) is 0. The molecular formula is C8H11N3O4. The molecule has 0 spiro atoms. The summed E-state index contributed by atoms with van der Waals surface area (Å²) in [6.45, 7) is 0.725. The van der Waals surface area contributed by atoms with E-state index in [4.69, 9.17) is 5.11 Å². The molecule has 1 rings (SSSR count). The number of amides is 1. The second-order valence-electron chi connectivity index (χ2n) is 3.23. The standard InChI is InChI=1S/C8H11N3O4/c1-8(15,7(13)14)4-9-6(12)5-2-3-10-11-5/h2-3,15H,4H2,1H3,(H,9,12)(H,10,11)(H,13,14). The van der Waals surface area contributed by atoms with Gasteiger partial charge in [0.1, 0.15) is 5.69 Å². The number of aliphatic carboxylic acids is 1. The van der Waals surface area contributed by atoms with E-state index in [1.165, 1.54) is 12.3 Å². The minimum Gasteiger partial charge on any atom is -0.479 e. The maximum absolute atomic E-state index is 11.3. The Morgan fingerprint density at radius 2 is 2.33 bits per heavy atom. The molecule has 0 aromatic carbocycles. The summed E-state index contributed by atoms with van der Waals surface area (Å²) in [5.41, 5.74) is -1.77.